The van der Waals surface area contributed by atoms with Crippen molar-refractivity contribution in [3.8, 4) is 0 Å². The van der Waals surface area contributed by atoms with Crippen LogP contribution in [0, 0.1) is 17.8 Å². The van der Waals surface area contributed by atoms with Crippen LogP contribution in [0.2, 0.25) is 0 Å². The molecular formula is C15H25NO2. The van der Waals surface area contributed by atoms with Gasteiger partial charge < -0.3 is 10.4 Å². The highest BCUT2D eigenvalue weighted by Gasteiger charge is 2.49. The molecule has 2 aliphatic carbocycles. The molecule has 18 heavy (non-hydrogen) atoms. The van der Waals surface area contributed by atoms with Crippen LogP contribution in [0.1, 0.15) is 57.8 Å². The molecule has 0 aromatic carbocycles. The van der Waals surface area contributed by atoms with Gasteiger partial charge in [-0.3, -0.25) is 4.79 Å². The summed E-state index contributed by atoms with van der Waals surface area (Å²) in [5, 5.41) is 12.9. The lowest BCUT2D eigenvalue weighted by Gasteiger charge is -2.35. The van der Waals surface area contributed by atoms with E-state index in [0.717, 1.165) is 0 Å². The smallest absolute Gasteiger partial charge is 0.321 e. The van der Waals surface area contributed by atoms with Crippen molar-refractivity contribution in [3.63, 3.8) is 0 Å². The van der Waals surface area contributed by atoms with Gasteiger partial charge in [0, 0.05) is 6.04 Å². The Hall–Kier alpha value is -0.570. The van der Waals surface area contributed by atoms with Crippen LogP contribution in [-0.4, -0.2) is 23.2 Å². The average molecular weight is 251 g/mol. The molecule has 1 heterocycles. The Balaban J connectivity index is 1.79. The van der Waals surface area contributed by atoms with Gasteiger partial charge in [0.05, 0.1) is 0 Å². The van der Waals surface area contributed by atoms with E-state index < -0.39 is 5.97 Å². The van der Waals surface area contributed by atoms with Gasteiger partial charge in [-0.2, -0.15) is 0 Å². The zero-order valence-electron chi connectivity index (χ0n) is 11.1. The van der Waals surface area contributed by atoms with Crippen molar-refractivity contribution in [1.82, 2.24) is 5.32 Å². The summed E-state index contributed by atoms with van der Waals surface area (Å²) in [6, 6.07) is 0.230. The summed E-state index contributed by atoms with van der Waals surface area (Å²) in [6.07, 6.45) is 11.5. The lowest BCUT2D eigenvalue weighted by atomic mass is 9.68. The van der Waals surface area contributed by atoms with E-state index in [1.165, 1.54) is 57.8 Å². The lowest BCUT2D eigenvalue weighted by Crippen LogP contribution is -2.40. The van der Waals surface area contributed by atoms with Crippen molar-refractivity contribution >= 4 is 5.97 Å². The molecule has 102 valence electrons. The van der Waals surface area contributed by atoms with Crippen LogP contribution in [0.15, 0.2) is 0 Å². The molecule has 0 amide bonds. The molecule has 0 aromatic rings. The van der Waals surface area contributed by atoms with Crippen molar-refractivity contribution in [3.05, 3.63) is 0 Å². The minimum absolute atomic E-state index is 0.263. The third-order valence-electron chi connectivity index (χ3n) is 5.55. The molecule has 0 aromatic heterocycles. The molecule has 4 atom stereocenters. The highest BCUT2D eigenvalue weighted by atomic mass is 16.4. The molecule has 1 aliphatic heterocycles. The fourth-order valence-corrected chi connectivity index (χ4v) is 4.79. The minimum Gasteiger partial charge on any atom is -0.480 e. The predicted octanol–water partition coefficient (Wildman–Crippen LogP) is 2.80. The van der Waals surface area contributed by atoms with Gasteiger partial charge in [-0.1, -0.05) is 44.9 Å². The number of rotatable bonds is 2. The van der Waals surface area contributed by atoms with Gasteiger partial charge in [0.15, 0.2) is 0 Å². The summed E-state index contributed by atoms with van der Waals surface area (Å²) in [7, 11) is 0. The molecule has 4 unspecified atom stereocenters. The molecule has 2 saturated carbocycles. The molecule has 0 spiro atoms. The molecule has 0 radical (unpaired) electrons. The van der Waals surface area contributed by atoms with Crippen LogP contribution < -0.4 is 5.32 Å². The number of carbonyl (C=O) groups is 1. The molecule has 0 bridgehead atoms. The second-order valence-corrected chi connectivity index (χ2v) is 6.51. The summed E-state index contributed by atoms with van der Waals surface area (Å²) in [5.74, 6) is 1.11. The summed E-state index contributed by atoms with van der Waals surface area (Å²) in [5.41, 5.74) is 0. The van der Waals surface area contributed by atoms with Gasteiger partial charge in [0.1, 0.15) is 6.04 Å². The second-order valence-electron chi connectivity index (χ2n) is 6.51. The van der Waals surface area contributed by atoms with Crippen molar-refractivity contribution in [2.45, 2.75) is 69.9 Å². The zero-order valence-corrected chi connectivity index (χ0v) is 11.1. The van der Waals surface area contributed by atoms with E-state index in [9.17, 15) is 9.90 Å². The molecule has 3 nitrogen and oxygen atoms in total. The van der Waals surface area contributed by atoms with Crippen LogP contribution in [0.4, 0.5) is 0 Å². The maximum Gasteiger partial charge on any atom is 0.321 e. The molecule has 3 rings (SSSR count). The van der Waals surface area contributed by atoms with Crippen LogP contribution >= 0.6 is 0 Å². The van der Waals surface area contributed by atoms with Crippen molar-refractivity contribution in [2.24, 2.45) is 17.8 Å². The molecular weight excluding hydrogens is 226 g/mol. The summed E-state index contributed by atoms with van der Waals surface area (Å²) in [4.78, 5) is 11.5. The number of fused-ring (bicyclic) bond motifs is 1. The number of aliphatic carboxylic acids is 1. The predicted molar refractivity (Wildman–Crippen MR) is 70.4 cm³/mol. The first-order valence-corrected chi connectivity index (χ1v) is 7.76. The minimum atomic E-state index is -0.611. The van der Waals surface area contributed by atoms with E-state index >= 15 is 0 Å². The van der Waals surface area contributed by atoms with E-state index in [4.69, 9.17) is 0 Å². The third-order valence-corrected chi connectivity index (χ3v) is 5.55. The number of carboxylic acids is 1. The van der Waals surface area contributed by atoms with E-state index in [1.807, 2.05) is 0 Å². The molecule has 3 fully saturated rings. The third kappa shape index (κ3) is 2.18. The SMILES string of the molecule is O=C(O)C1NC2CCCCC2C1C1CCCCC1. The highest BCUT2D eigenvalue weighted by Crippen LogP contribution is 2.45. The largest absolute Gasteiger partial charge is 0.480 e. The van der Waals surface area contributed by atoms with Gasteiger partial charge >= 0.3 is 5.97 Å². The van der Waals surface area contributed by atoms with Crippen molar-refractivity contribution < 1.29 is 9.90 Å². The maximum atomic E-state index is 11.5. The summed E-state index contributed by atoms with van der Waals surface area (Å²) < 4.78 is 0. The van der Waals surface area contributed by atoms with E-state index in [1.54, 1.807) is 0 Å². The zero-order chi connectivity index (χ0) is 12.5. The van der Waals surface area contributed by atoms with Crippen LogP contribution in [0.5, 0.6) is 0 Å². The Bertz CT molecular complexity index is 312. The lowest BCUT2D eigenvalue weighted by molar-refractivity contribution is -0.141. The first-order valence-electron chi connectivity index (χ1n) is 7.76. The number of hydrogen-bond acceptors (Lipinski definition) is 2. The highest BCUT2D eigenvalue weighted by molar-refractivity contribution is 5.74. The Morgan fingerprint density at radius 2 is 1.61 bits per heavy atom. The monoisotopic (exact) mass is 251 g/mol. The van der Waals surface area contributed by atoms with E-state index in [2.05, 4.69) is 5.32 Å². The topological polar surface area (TPSA) is 49.3 Å². The number of hydrogen-bond donors (Lipinski definition) is 2. The van der Waals surface area contributed by atoms with Crippen LogP contribution in [0.25, 0.3) is 0 Å². The Labute approximate surface area is 109 Å². The molecule has 1 saturated heterocycles. The van der Waals surface area contributed by atoms with E-state index in [-0.39, 0.29) is 6.04 Å². The van der Waals surface area contributed by atoms with Gasteiger partial charge in [0.2, 0.25) is 0 Å². The normalized spacial score (nSPS) is 41.6. The van der Waals surface area contributed by atoms with Gasteiger partial charge in [-0.05, 0) is 30.6 Å². The Kier molecular flexibility index (Phi) is 3.60. The van der Waals surface area contributed by atoms with Crippen molar-refractivity contribution in [1.29, 1.82) is 0 Å². The fraction of sp³-hybridized carbons (Fsp3) is 0.933. The molecule has 2 N–H and O–H groups in total. The quantitative estimate of drug-likeness (QED) is 0.793. The summed E-state index contributed by atoms with van der Waals surface area (Å²) >= 11 is 0. The fourth-order valence-electron chi connectivity index (χ4n) is 4.79. The average Bonchev–Trinajstić information content (AvgIpc) is 2.79. The van der Waals surface area contributed by atoms with Crippen LogP contribution in [-0.2, 0) is 4.79 Å². The van der Waals surface area contributed by atoms with Gasteiger partial charge in [0.25, 0.3) is 0 Å². The standard InChI is InChI=1S/C15H25NO2/c17-15(18)14-13(10-6-2-1-3-7-10)11-8-4-5-9-12(11)16-14/h10-14,16H,1-9H2,(H,17,18). The first-order chi connectivity index (χ1) is 8.77. The maximum absolute atomic E-state index is 11.5. The first kappa shape index (κ1) is 12.5. The molecule has 3 aliphatic rings. The van der Waals surface area contributed by atoms with Crippen molar-refractivity contribution in [2.75, 3.05) is 0 Å². The van der Waals surface area contributed by atoms with E-state index in [0.29, 0.717) is 23.8 Å². The number of carboxylic acid groups (broad SMARTS) is 1. The second kappa shape index (κ2) is 5.20. The Morgan fingerprint density at radius 1 is 0.944 bits per heavy atom. The van der Waals surface area contributed by atoms with Gasteiger partial charge in [-0.15, -0.1) is 0 Å². The molecule has 3 heteroatoms. The van der Waals surface area contributed by atoms with Crippen LogP contribution in [0.3, 0.4) is 0 Å². The van der Waals surface area contributed by atoms with Gasteiger partial charge in [-0.25, -0.2) is 0 Å². The summed E-state index contributed by atoms with van der Waals surface area (Å²) in [6.45, 7) is 0. The Morgan fingerprint density at radius 3 is 2.33 bits per heavy atom. The number of nitrogens with one attached hydrogen (secondary N) is 1.